The highest BCUT2D eigenvalue weighted by atomic mass is 35.5. The minimum absolute atomic E-state index is 0.220. The molecular weight excluding hydrogens is 294 g/mol. The quantitative estimate of drug-likeness (QED) is 0.667. The maximum Gasteiger partial charge on any atom is 0.419 e. The van der Waals surface area contributed by atoms with Crippen molar-refractivity contribution >= 4 is 34.0 Å². The fraction of sp³-hybridized carbons (Fsp3) is 0.267. The monoisotopic (exact) mass is 307 g/mol. The van der Waals surface area contributed by atoms with Crippen molar-refractivity contribution in [2.75, 3.05) is 0 Å². The molecule has 1 aromatic carbocycles. The van der Waals surface area contributed by atoms with E-state index in [1.54, 1.807) is 18.4 Å². The number of aromatic nitrogens is 1. The number of hydrogen-bond donors (Lipinski definition) is 0. The number of oxazole rings is 1. The number of alkyl halides is 1. The van der Waals surface area contributed by atoms with Gasteiger partial charge in [0.15, 0.2) is 5.58 Å². The zero-order valence-electron chi connectivity index (χ0n) is 11.4. The van der Waals surface area contributed by atoms with Crippen LogP contribution in [0.5, 0.6) is 0 Å². The van der Waals surface area contributed by atoms with Gasteiger partial charge in [-0.1, -0.05) is 6.07 Å². The Morgan fingerprint density at radius 2 is 2.05 bits per heavy atom. The SMILES string of the molecule is Cc1cc(C(Cl)c2ccc3c(c2)oc(=O)n3C)sc1C. The number of halogens is 1. The number of rotatable bonds is 2. The first-order valence-corrected chi connectivity index (χ1v) is 7.53. The summed E-state index contributed by atoms with van der Waals surface area (Å²) in [6.45, 7) is 4.17. The highest BCUT2D eigenvalue weighted by molar-refractivity contribution is 7.12. The van der Waals surface area contributed by atoms with Crippen molar-refractivity contribution in [1.29, 1.82) is 0 Å². The molecule has 2 heterocycles. The first-order chi connectivity index (χ1) is 9.47. The molecule has 0 aliphatic heterocycles. The van der Waals surface area contributed by atoms with E-state index in [0.717, 1.165) is 16.0 Å². The Morgan fingerprint density at radius 1 is 1.30 bits per heavy atom. The summed E-state index contributed by atoms with van der Waals surface area (Å²) < 4.78 is 6.69. The van der Waals surface area contributed by atoms with Crippen molar-refractivity contribution in [3.05, 3.63) is 55.7 Å². The van der Waals surface area contributed by atoms with E-state index in [1.807, 2.05) is 18.2 Å². The minimum Gasteiger partial charge on any atom is -0.408 e. The second-order valence-electron chi connectivity index (χ2n) is 4.90. The number of aryl methyl sites for hydroxylation is 3. The first kappa shape index (κ1) is 13.5. The third-order valence-corrected chi connectivity index (χ3v) is 5.38. The van der Waals surface area contributed by atoms with Crippen LogP contribution in [-0.4, -0.2) is 4.57 Å². The minimum atomic E-state index is -0.355. The van der Waals surface area contributed by atoms with E-state index in [1.165, 1.54) is 15.0 Å². The molecule has 3 rings (SSSR count). The van der Waals surface area contributed by atoms with Gasteiger partial charge in [0.1, 0.15) is 0 Å². The standard InChI is InChI=1S/C15H14ClNO2S/c1-8-6-13(20-9(8)2)14(16)10-4-5-11-12(7-10)19-15(18)17(11)3/h4-7,14H,1-3H3. The number of thiophene rings is 1. The summed E-state index contributed by atoms with van der Waals surface area (Å²) in [7, 11) is 1.69. The van der Waals surface area contributed by atoms with Crippen LogP contribution in [0.4, 0.5) is 0 Å². The zero-order valence-corrected chi connectivity index (χ0v) is 13.0. The average molecular weight is 308 g/mol. The molecule has 3 aromatic rings. The molecule has 3 nitrogen and oxygen atoms in total. The first-order valence-electron chi connectivity index (χ1n) is 6.28. The Hall–Kier alpha value is -1.52. The second-order valence-corrected chi connectivity index (χ2v) is 6.63. The molecule has 0 radical (unpaired) electrons. The van der Waals surface area contributed by atoms with Crippen molar-refractivity contribution in [2.45, 2.75) is 19.2 Å². The Kier molecular flexibility index (Phi) is 3.22. The lowest BCUT2D eigenvalue weighted by Crippen LogP contribution is -2.08. The topological polar surface area (TPSA) is 35.1 Å². The molecule has 0 amide bonds. The predicted molar refractivity (Wildman–Crippen MR) is 82.9 cm³/mol. The Labute approximate surface area is 125 Å². The Balaban J connectivity index is 2.07. The lowest BCUT2D eigenvalue weighted by Gasteiger charge is -2.07. The van der Waals surface area contributed by atoms with Crippen LogP contribution < -0.4 is 5.76 Å². The van der Waals surface area contributed by atoms with Crippen molar-refractivity contribution in [3.63, 3.8) is 0 Å². The Bertz CT molecular complexity index is 824. The van der Waals surface area contributed by atoms with Gasteiger partial charge in [-0.05, 0) is 43.2 Å². The van der Waals surface area contributed by atoms with Gasteiger partial charge in [-0.25, -0.2) is 4.79 Å². The van der Waals surface area contributed by atoms with Gasteiger partial charge in [-0.3, -0.25) is 4.57 Å². The van der Waals surface area contributed by atoms with Gasteiger partial charge in [0.05, 0.1) is 10.9 Å². The van der Waals surface area contributed by atoms with Crippen LogP contribution in [0.3, 0.4) is 0 Å². The highest BCUT2D eigenvalue weighted by Gasteiger charge is 2.16. The molecule has 0 fully saturated rings. The van der Waals surface area contributed by atoms with Crippen LogP contribution in [0.15, 0.2) is 33.5 Å². The van der Waals surface area contributed by atoms with E-state index in [2.05, 4.69) is 19.9 Å². The van der Waals surface area contributed by atoms with Crippen molar-refractivity contribution in [1.82, 2.24) is 4.57 Å². The van der Waals surface area contributed by atoms with Gasteiger partial charge in [-0.2, -0.15) is 0 Å². The summed E-state index contributed by atoms with van der Waals surface area (Å²) in [6, 6.07) is 7.78. The van der Waals surface area contributed by atoms with Crippen LogP contribution in [0.1, 0.15) is 26.3 Å². The lowest BCUT2D eigenvalue weighted by molar-refractivity contribution is 0.528. The van der Waals surface area contributed by atoms with E-state index in [9.17, 15) is 4.79 Å². The fourth-order valence-electron chi connectivity index (χ4n) is 2.20. The third-order valence-electron chi connectivity index (χ3n) is 3.54. The number of fused-ring (bicyclic) bond motifs is 1. The summed E-state index contributed by atoms with van der Waals surface area (Å²) in [5, 5.41) is -0.220. The van der Waals surface area contributed by atoms with Gasteiger partial charge in [0, 0.05) is 16.8 Å². The zero-order chi connectivity index (χ0) is 14.4. The van der Waals surface area contributed by atoms with Gasteiger partial charge in [-0.15, -0.1) is 22.9 Å². The molecule has 0 bridgehead atoms. The molecule has 0 N–H and O–H groups in total. The number of hydrogen-bond acceptors (Lipinski definition) is 3. The molecule has 0 spiro atoms. The van der Waals surface area contributed by atoms with Crippen LogP contribution in [-0.2, 0) is 7.05 Å². The predicted octanol–water partition coefficient (Wildman–Crippen LogP) is 4.14. The van der Waals surface area contributed by atoms with Crippen molar-refractivity contribution in [3.8, 4) is 0 Å². The molecule has 2 aromatic heterocycles. The molecule has 5 heteroatoms. The van der Waals surface area contributed by atoms with Gasteiger partial charge in [0.2, 0.25) is 0 Å². The van der Waals surface area contributed by atoms with Crippen LogP contribution in [0.25, 0.3) is 11.1 Å². The third kappa shape index (κ3) is 2.09. The second kappa shape index (κ2) is 4.79. The summed E-state index contributed by atoms with van der Waals surface area (Å²) >= 11 is 8.25. The average Bonchev–Trinajstić information content (AvgIpc) is 2.90. The van der Waals surface area contributed by atoms with E-state index in [-0.39, 0.29) is 11.1 Å². The number of nitrogens with zero attached hydrogens (tertiary/aromatic N) is 1. The maximum absolute atomic E-state index is 11.5. The fourth-order valence-corrected chi connectivity index (χ4v) is 3.58. The molecule has 0 saturated heterocycles. The molecule has 0 saturated carbocycles. The Morgan fingerprint density at radius 3 is 2.70 bits per heavy atom. The van der Waals surface area contributed by atoms with Crippen LogP contribution in [0, 0.1) is 13.8 Å². The van der Waals surface area contributed by atoms with Gasteiger partial charge in [0.25, 0.3) is 0 Å². The highest BCUT2D eigenvalue weighted by Crippen LogP contribution is 2.36. The maximum atomic E-state index is 11.5. The van der Waals surface area contributed by atoms with E-state index in [0.29, 0.717) is 5.58 Å². The normalized spacial score (nSPS) is 13.0. The van der Waals surface area contributed by atoms with E-state index < -0.39 is 0 Å². The van der Waals surface area contributed by atoms with Crippen LogP contribution >= 0.6 is 22.9 Å². The van der Waals surface area contributed by atoms with E-state index >= 15 is 0 Å². The summed E-state index contributed by atoms with van der Waals surface area (Å²) in [4.78, 5) is 13.9. The molecule has 20 heavy (non-hydrogen) atoms. The molecule has 0 aliphatic carbocycles. The van der Waals surface area contributed by atoms with Crippen molar-refractivity contribution in [2.24, 2.45) is 7.05 Å². The largest absolute Gasteiger partial charge is 0.419 e. The van der Waals surface area contributed by atoms with Gasteiger partial charge >= 0.3 is 5.76 Å². The molecule has 104 valence electrons. The molecule has 0 aliphatic rings. The van der Waals surface area contributed by atoms with Crippen molar-refractivity contribution < 1.29 is 4.42 Å². The molecule has 1 unspecified atom stereocenters. The lowest BCUT2D eigenvalue weighted by atomic mass is 10.1. The smallest absolute Gasteiger partial charge is 0.408 e. The number of benzene rings is 1. The summed E-state index contributed by atoms with van der Waals surface area (Å²) in [6.07, 6.45) is 0. The summed E-state index contributed by atoms with van der Waals surface area (Å²) in [5.74, 6) is -0.355. The van der Waals surface area contributed by atoms with E-state index in [4.69, 9.17) is 16.0 Å². The summed E-state index contributed by atoms with van der Waals surface area (Å²) in [5.41, 5.74) is 3.55. The molecular formula is C15H14ClNO2S. The van der Waals surface area contributed by atoms with Gasteiger partial charge < -0.3 is 4.42 Å². The molecule has 1 atom stereocenters. The van der Waals surface area contributed by atoms with Crippen LogP contribution in [0.2, 0.25) is 0 Å².